The summed E-state index contributed by atoms with van der Waals surface area (Å²) in [7, 11) is 0. The number of benzene rings is 2. The normalized spacial score (nSPS) is 14.4. The molecular formula is C25H32N4O4. The van der Waals surface area contributed by atoms with E-state index < -0.39 is 6.09 Å². The highest BCUT2D eigenvalue weighted by Gasteiger charge is 2.17. The number of aryl methyl sites for hydroxylation is 1. The van der Waals surface area contributed by atoms with Crippen molar-refractivity contribution in [2.24, 2.45) is 0 Å². The molecule has 0 bridgehead atoms. The van der Waals surface area contributed by atoms with Gasteiger partial charge in [-0.05, 0) is 38.1 Å². The first-order valence-corrected chi connectivity index (χ1v) is 11.5. The zero-order valence-electron chi connectivity index (χ0n) is 19.3. The first-order valence-electron chi connectivity index (χ1n) is 11.5. The van der Waals surface area contributed by atoms with Crippen LogP contribution < -0.4 is 15.8 Å². The van der Waals surface area contributed by atoms with E-state index in [4.69, 9.17) is 19.9 Å². The molecule has 0 saturated carbocycles. The van der Waals surface area contributed by atoms with E-state index in [0.29, 0.717) is 24.6 Å². The standard InChI is InChI=1S/C25H32N4O4/c1-3-29-22-17-20(33-15-12-28-10-13-31-14-11-28)8-9-21(22)23(26)24(29)18-6-5-7-19(16-18)27-25(30)32-4-2/h5-9,16-17H,3-4,10-15,26H2,1-2H3,(H,27,30). The quantitative estimate of drug-likeness (QED) is 0.533. The molecule has 4 rings (SSSR count). The van der Waals surface area contributed by atoms with Crippen LogP contribution in [0.5, 0.6) is 5.75 Å². The minimum absolute atomic E-state index is 0.319. The number of ether oxygens (including phenoxy) is 3. The number of aromatic nitrogens is 1. The highest BCUT2D eigenvalue weighted by molar-refractivity contribution is 6.02. The molecule has 176 valence electrons. The third-order valence-corrected chi connectivity index (χ3v) is 5.83. The average Bonchev–Trinajstić information content (AvgIpc) is 3.11. The van der Waals surface area contributed by atoms with Crippen molar-refractivity contribution >= 4 is 28.4 Å². The van der Waals surface area contributed by atoms with Crippen LogP contribution in [0, 0.1) is 0 Å². The summed E-state index contributed by atoms with van der Waals surface area (Å²) in [5, 5.41) is 3.74. The van der Waals surface area contributed by atoms with Gasteiger partial charge in [-0.15, -0.1) is 0 Å². The van der Waals surface area contributed by atoms with E-state index >= 15 is 0 Å². The predicted octanol–water partition coefficient (Wildman–Crippen LogP) is 4.19. The third kappa shape index (κ3) is 5.23. The monoisotopic (exact) mass is 452 g/mol. The van der Waals surface area contributed by atoms with Crippen LogP contribution in [0.2, 0.25) is 0 Å². The van der Waals surface area contributed by atoms with Crippen molar-refractivity contribution in [1.82, 2.24) is 9.47 Å². The predicted molar refractivity (Wildman–Crippen MR) is 131 cm³/mol. The number of amides is 1. The highest BCUT2D eigenvalue weighted by Crippen LogP contribution is 2.38. The molecule has 0 spiro atoms. The molecular weight excluding hydrogens is 420 g/mol. The minimum Gasteiger partial charge on any atom is -0.492 e. The molecule has 0 aliphatic carbocycles. The van der Waals surface area contributed by atoms with Crippen molar-refractivity contribution in [3.63, 3.8) is 0 Å². The van der Waals surface area contributed by atoms with Crippen molar-refractivity contribution in [1.29, 1.82) is 0 Å². The van der Waals surface area contributed by atoms with E-state index in [0.717, 1.165) is 67.3 Å². The molecule has 33 heavy (non-hydrogen) atoms. The minimum atomic E-state index is -0.475. The lowest BCUT2D eigenvalue weighted by Crippen LogP contribution is -2.38. The summed E-state index contributed by atoms with van der Waals surface area (Å²) < 4.78 is 18.6. The Bertz CT molecular complexity index is 1110. The number of nitrogens with two attached hydrogens (primary N) is 1. The molecule has 2 heterocycles. The van der Waals surface area contributed by atoms with E-state index in [9.17, 15) is 4.79 Å². The van der Waals surface area contributed by atoms with Crippen LogP contribution in [0.3, 0.4) is 0 Å². The molecule has 3 N–H and O–H groups in total. The molecule has 1 aliphatic heterocycles. The van der Waals surface area contributed by atoms with Crippen LogP contribution in [0.4, 0.5) is 16.2 Å². The van der Waals surface area contributed by atoms with Crippen LogP contribution in [0.25, 0.3) is 22.2 Å². The number of nitrogens with zero attached hydrogens (tertiary/aromatic N) is 2. The van der Waals surface area contributed by atoms with E-state index in [1.807, 2.05) is 36.4 Å². The molecule has 8 heteroatoms. The van der Waals surface area contributed by atoms with Gasteiger partial charge >= 0.3 is 6.09 Å². The van der Waals surface area contributed by atoms with Crippen molar-refractivity contribution < 1.29 is 19.0 Å². The molecule has 1 aromatic heterocycles. The summed E-state index contributed by atoms with van der Waals surface area (Å²) in [6.07, 6.45) is -0.475. The Kier molecular flexibility index (Phi) is 7.36. The summed E-state index contributed by atoms with van der Waals surface area (Å²) in [6.45, 7) is 9.91. The van der Waals surface area contributed by atoms with Crippen LogP contribution >= 0.6 is 0 Å². The first kappa shape index (κ1) is 22.9. The highest BCUT2D eigenvalue weighted by atomic mass is 16.5. The number of hydrogen-bond donors (Lipinski definition) is 2. The second kappa shape index (κ2) is 10.6. The molecule has 3 aromatic rings. The number of rotatable bonds is 8. The lowest BCUT2D eigenvalue weighted by molar-refractivity contribution is 0.0322. The topological polar surface area (TPSA) is 91.0 Å². The number of fused-ring (bicyclic) bond motifs is 1. The average molecular weight is 453 g/mol. The van der Waals surface area contributed by atoms with E-state index in [-0.39, 0.29) is 0 Å². The number of hydrogen-bond acceptors (Lipinski definition) is 6. The summed E-state index contributed by atoms with van der Waals surface area (Å²) in [5.41, 5.74) is 10.8. The van der Waals surface area contributed by atoms with Gasteiger partial charge in [0.15, 0.2) is 0 Å². The molecule has 0 radical (unpaired) electrons. The summed E-state index contributed by atoms with van der Waals surface area (Å²) in [6, 6.07) is 13.7. The largest absolute Gasteiger partial charge is 0.492 e. The molecule has 8 nitrogen and oxygen atoms in total. The molecule has 0 atom stereocenters. The van der Waals surface area contributed by atoms with Gasteiger partial charge in [0, 0.05) is 48.9 Å². The SMILES string of the molecule is CCOC(=O)Nc1cccc(-c2c(N)c3ccc(OCCN4CCOCC4)cc3n2CC)c1. The third-order valence-electron chi connectivity index (χ3n) is 5.83. The number of anilines is 2. The second-order valence-corrected chi connectivity index (χ2v) is 7.91. The van der Waals surface area contributed by atoms with Crippen molar-refractivity contribution in [3.05, 3.63) is 42.5 Å². The van der Waals surface area contributed by atoms with Crippen LogP contribution in [-0.4, -0.2) is 61.6 Å². The van der Waals surface area contributed by atoms with Gasteiger partial charge < -0.3 is 24.5 Å². The van der Waals surface area contributed by atoms with Crippen molar-refractivity contribution in [2.45, 2.75) is 20.4 Å². The van der Waals surface area contributed by atoms with E-state index in [1.54, 1.807) is 6.92 Å². The lowest BCUT2D eigenvalue weighted by Gasteiger charge is -2.26. The summed E-state index contributed by atoms with van der Waals surface area (Å²) in [4.78, 5) is 14.2. The van der Waals surface area contributed by atoms with Gasteiger partial charge in [0.25, 0.3) is 0 Å². The van der Waals surface area contributed by atoms with Crippen molar-refractivity contribution in [3.8, 4) is 17.0 Å². The number of carbonyl (C=O) groups excluding carboxylic acids is 1. The molecule has 1 aliphatic rings. The Hall–Kier alpha value is -3.23. The Morgan fingerprint density at radius 2 is 1.97 bits per heavy atom. The van der Waals surface area contributed by atoms with Gasteiger partial charge in [-0.2, -0.15) is 0 Å². The fraction of sp³-hybridized carbons (Fsp3) is 0.400. The van der Waals surface area contributed by atoms with E-state index in [1.165, 1.54) is 0 Å². The Labute approximate surface area is 194 Å². The molecule has 0 unspecified atom stereocenters. The molecule has 2 aromatic carbocycles. The van der Waals surface area contributed by atoms with Gasteiger partial charge in [-0.25, -0.2) is 4.79 Å². The van der Waals surface area contributed by atoms with Crippen molar-refractivity contribution in [2.75, 3.05) is 57.1 Å². The fourth-order valence-corrected chi connectivity index (χ4v) is 4.23. The smallest absolute Gasteiger partial charge is 0.411 e. The summed E-state index contributed by atoms with van der Waals surface area (Å²) in [5.74, 6) is 0.826. The molecule has 1 saturated heterocycles. The second-order valence-electron chi connectivity index (χ2n) is 7.91. The number of nitrogen functional groups attached to an aromatic ring is 1. The zero-order valence-corrected chi connectivity index (χ0v) is 19.3. The first-order chi connectivity index (χ1) is 16.1. The van der Waals surface area contributed by atoms with Crippen LogP contribution in [0.1, 0.15) is 13.8 Å². The van der Waals surface area contributed by atoms with E-state index in [2.05, 4.69) is 27.8 Å². The Morgan fingerprint density at radius 3 is 2.73 bits per heavy atom. The Morgan fingerprint density at radius 1 is 1.15 bits per heavy atom. The van der Waals surface area contributed by atoms with Gasteiger partial charge in [0.05, 0.1) is 36.7 Å². The van der Waals surface area contributed by atoms with Gasteiger partial charge in [-0.1, -0.05) is 12.1 Å². The van der Waals surface area contributed by atoms with Gasteiger partial charge in [0.1, 0.15) is 12.4 Å². The molecule has 1 fully saturated rings. The number of morpholine rings is 1. The lowest BCUT2D eigenvalue weighted by atomic mass is 10.1. The number of nitrogens with one attached hydrogen (secondary N) is 1. The van der Waals surface area contributed by atoms with Crippen LogP contribution in [0.15, 0.2) is 42.5 Å². The maximum atomic E-state index is 11.8. The fourth-order valence-electron chi connectivity index (χ4n) is 4.23. The maximum Gasteiger partial charge on any atom is 0.411 e. The van der Waals surface area contributed by atoms with Crippen LogP contribution in [-0.2, 0) is 16.0 Å². The van der Waals surface area contributed by atoms with Gasteiger partial charge in [0.2, 0.25) is 0 Å². The zero-order chi connectivity index (χ0) is 23.2. The maximum absolute atomic E-state index is 11.8. The van der Waals surface area contributed by atoms with Gasteiger partial charge in [-0.3, -0.25) is 10.2 Å². The molecule has 1 amide bonds. The number of carbonyl (C=O) groups is 1. The summed E-state index contributed by atoms with van der Waals surface area (Å²) >= 11 is 0. The Balaban J connectivity index is 1.57.